The van der Waals surface area contributed by atoms with Gasteiger partial charge in [-0.15, -0.1) is 0 Å². The molecule has 0 unspecified atom stereocenters. The molecule has 0 radical (unpaired) electrons. The lowest BCUT2D eigenvalue weighted by molar-refractivity contribution is 0.598. The molecule has 0 atom stereocenters. The summed E-state index contributed by atoms with van der Waals surface area (Å²) in [7, 11) is -3.63. The molecule has 2 rings (SSSR count). The minimum Gasteiger partial charge on any atom is -0.334 e. The van der Waals surface area contributed by atoms with Gasteiger partial charge in [-0.3, -0.25) is 4.72 Å². The number of rotatable bonds is 3. The second-order valence-electron chi connectivity index (χ2n) is 3.96. The molecular weight excluding hydrogens is 318 g/mol. The van der Waals surface area contributed by atoms with Gasteiger partial charge in [0.05, 0.1) is 18.2 Å². The first kappa shape index (κ1) is 13.1. The quantitative estimate of drug-likeness (QED) is 0.908. The predicted octanol–water partition coefficient (Wildman–Crippen LogP) is 2.59. The lowest BCUT2D eigenvalue weighted by Crippen LogP contribution is -2.14. The summed E-state index contributed by atoms with van der Waals surface area (Å²) in [6.07, 6.45) is 2.59. The van der Waals surface area contributed by atoms with E-state index in [1.165, 1.54) is 12.5 Å². The van der Waals surface area contributed by atoms with E-state index in [1.54, 1.807) is 0 Å². The van der Waals surface area contributed by atoms with Gasteiger partial charge in [0, 0.05) is 4.47 Å². The van der Waals surface area contributed by atoms with Crippen LogP contribution in [0.25, 0.3) is 0 Å². The summed E-state index contributed by atoms with van der Waals surface area (Å²) in [5, 5.41) is 0.0365. The summed E-state index contributed by atoms with van der Waals surface area (Å²) in [6, 6.07) is 3.77. The highest BCUT2D eigenvalue weighted by Gasteiger charge is 2.18. The summed E-state index contributed by atoms with van der Waals surface area (Å²) in [4.78, 5) is 6.27. The molecule has 0 amide bonds. The second-order valence-corrected chi connectivity index (χ2v) is 6.47. The third-order valence-corrected chi connectivity index (χ3v) is 4.33. The number of anilines is 1. The van der Waals surface area contributed by atoms with Crippen LogP contribution in [0.4, 0.5) is 5.69 Å². The monoisotopic (exact) mass is 329 g/mol. The van der Waals surface area contributed by atoms with Crippen LogP contribution in [0.1, 0.15) is 11.1 Å². The molecule has 0 bridgehead atoms. The van der Waals surface area contributed by atoms with Gasteiger partial charge in [-0.05, 0) is 47.0 Å². The third-order valence-electron chi connectivity index (χ3n) is 2.43. The number of nitrogens with one attached hydrogen (secondary N) is 2. The normalized spacial score (nSPS) is 11.5. The van der Waals surface area contributed by atoms with Crippen LogP contribution >= 0.6 is 15.9 Å². The van der Waals surface area contributed by atoms with Crippen LogP contribution in [0, 0.1) is 13.8 Å². The molecule has 0 spiro atoms. The highest BCUT2D eigenvalue weighted by atomic mass is 79.9. The van der Waals surface area contributed by atoms with Gasteiger partial charge in [-0.25, -0.2) is 4.98 Å². The molecule has 2 N–H and O–H groups in total. The summed E-state index contributed by atoms with van der Waals surface area (Å²) < 4.78 is 27.3. The smallest absolute Gasteiger partial charge is 0.279 e. The molecule has 0 aliphatic heterocycles. The Balaban J connectivity index is 2.42. The zero-order chi connectivity index (χ0) is 13.3. The Hall–Kier alpha value is -1.34. The van der Waals surface area contributed by atoms with E-state index in [4.69, 9.17) is 0 Å². The number of imidazole rings is 1. The Morgan fingerprint density at radius 2 is 2.06 bits per heavy atom. The van der Waals surface area contributed by atoms with Gasteiger partial charge >= 0.3 is 0 Å². The number of hydrogen-bond donors (Lipinski definition) is 2. The molecule has 7 heteroatoms. The number of aryl methyl sites for hydroxylation is 2. The minimum absolute atomic E-state index is 0.0365. The SMILES string of the molecule is Cc1cc(C)c(NS(=O)(=O)c2cnc[nH]2)c(Br)c1. The maximum atomic E-state index is 12.0. The first-order valence-corrected chi connectivity index (χ1v) is 7.46. The maximum Gasteiger partial charge on any atom is 0.279 e. The fraction of sp³-hybridized carbons (Fsp3) is 0.182. The van der Waals surface area contributed by atoms with Crippen molar-refractivity contribution in [3.8, 4) is 0 Å². The predicted molar refractivity (Wildman–Crippen MR) is 73.0 cm³/mol. The largest absolute Gasteiger partial charge is 0.334 e. The first-order valence-electron chi connectivity index (χ1n) is 5.18. The number of H-pyrrole nitrogens is 1. The van der Waals surface area contributed by atoms with Crippen molar-refractivity contribution in [3.63, 3.8) is 0 Å². The van der Waals surface area contributed by atoms with E-state index in [-0.39, 0.29) is 5.03 Å². The fourth-order valence-corrected chi connectivity index (χ4v) is 3.59. The van der Waals surface area contributed by atoms with Gasteiger partial charge in [-0.1, -0.05) is 6.07 Å². The van der Waals surface area contributed by atoms with Crippen molar-refractivity contribution in [1.29, 1.82) is 0 Å². The van der Waals surface area contributed by atoms with Gasteiger partial charge < -0.3 is 4.98 Å². The Kier molecular flexibility index (Phi) is 3.45. The number of aromatic amines is 1. The number of halogens is 1. The zero-order valence-corrected chi connectivity index (χ0v) is 12.3. The van der Waals surface area contributed by atoms with Crippen molar-refractivity contribution in [1.82, 2.24) is 9.97 Å². The van der Waals surface area contributed by atoms with Crippen LogP contribution < -0.4 is 4.72 Å². The molecule has 1 heterocycles. The Morgan fingerprint density at radius 1 is 1.33 bits per heavy atom. The van der Waals surface area contributed by atoms with Gasteiger partial charge in [-0.2, -0.15) is 8.42 Å². The second kappa shape index (κ2) is 4.74. The Bertz CT molecular complexity index is 643. The number of nitrogens with zero attached hydrogens (tertiary/aromatic N) is 1. The third kappa shape index (κ3) is 2.56. The number of sulfonamides is 1. The highest BCUT2D eigenvalue weighted by molar-refractivity contribution is 9.10. The summed E-state index contributed by atoms with van der Waals surface area (Å²) in [5.74, 6) is 0. The molecule has 0 aliphatic carbocycles. The molecule has 96 valence electrons. The summed E-state index contributed by atoms with van der Waals surface area (Å²) in [5.41, 5.74) is 2.45. The van der Waals surface area contributed by atoms with E-state index in [0.29, 0.717) is 10.2 Å². The van der Waals surface area contributed by atoms with Crippen LogP contribution in [-0.2, 0) is 10.0 Å². The lowest BCUT2D eigenvalue weighted by Gasteiger charge is -2.12. The highest BCUT2D eigenvalue weighted by Crippen LogP contribution is 2.29. The van der Waals surface area contributed by atoms with Gasteiger partial charge in [0.25, 0.3) is 10.0 Å². The number of aromatic nitrogens is 2. The van der Waals surface area contributed by atoms with E-state index in [2.05, 4.69) is 30.6 Å². The standard InChI is InChI=1S/C11H12BrN3O2S/c1-7-3-8(2)11(9(12)4-7)15-18(16,17)10-5-13-6-14-10/h3-6,15H,1-2H3,(H,13,14). The van der Waals surface area contributed by atoms with Crippen LogP contribution in [0.2, 0.25) is 0 Å². The molecule has 0 saturated carbocycles. The van der Waals surface area contributed by atoms with E-state index in [0.717, 1.165) is 11.1 Å². The van der Waals surface area contributed by atoms with Gasteiger partial charge in [0.15, 0.2) is 5.03 Å². The molecule has 18 heavy (non-hydrogen) atoms. The topological polar surface area (TPSA) is 74.8 Å². The number of hydrogen-bond acceptors (Lipinski definition) is 3. The molecule has 1 aromatic carbocycles. The van der Waals surface area contributed by atoms with E-state index < -0.39 is 10.0 Å². The molecule has 1 aromatic heterocycles. The van der Waals surface area contributed by atoms with E-state index in [9.17, 15) is 8.42 Å². The Morgan fingerprint density at radius 3 is 2.61 bits per heavy atom. The van der Waals surface area contributed by atoms with E-state index >= 15 is 0 Å². The van der Waals surface area contributed by atoms with Crippen molar-refractivity contribution in [2.75, 3.05) is 4.72 Å². The maximum absolute atomic E-state index is 12.0. The summed E-state index contributed by atoms with van der Waals surface area (Å²) in [6.45, 7) is 3.80. The Labute approximate surface area is 114 Å². The molecular formula is C11H12BrN3O2S. The van der Waals surface area contributed by atoms with Crippen molar-refractivity contribution in [3.05, 3.63) is 40.3 Å². The summed E-state index contributed by atoms with van der Waals surface area (Å²) >= 11 is 3.36. The first-order chi connectivity index (χ1) is 8.40. The van der Waals surface area contributed by atoms with Gasteiger partial charge in [0.1, 0.15) is 0 Å². The molecule has 5 nitrogen and oxygen atoms in total. The molecule has 2 aromatic rings. The zero-order valence-electron chi connectivity index (χ0n) is 9.86. The molecule has 0 aliphatic rings. The average molecular weight is 330 g/mol. The van der Waals surface area contributed by atoms with Gasteiger partial charge in [0.2, 0.25) is 0 Å². The van der Waals surface area contributed by atoms with Crippen molar-refractivity contribution < 1.29 is 8.42 Å². The van der Waals surface area contributed by atoms with E-state index in [1.807, 2.05) is 26.0 Å². The van der Waals surface area contributed by atoms with Crippen molar-refractivity contribution in [2.45, 2.75) is 18.9 Å². The van der Waals surface area contributed by atoms with Crippen molar-refractivity contribution in [2.24, 2.45) is 0 Å². The fourth-order valence-electron chi connectivity index (χ4n) is 1.62. The van der Waals surface area contributed by atoms with Crippen molar-refractivity contribution >= 4 is 31.6 Å². The minimum atomic E-state index is -3.63. The lowest BCUT2D eigenvalue weighted by atomic mass is 10.1. The van der Waals surface area contributed by atoms with Crippen LogP contribution in [0.3, 0.4) is 0 Å². The number of benzene rings is 1. The molecule has 0 fully saturated rings. The van der Waals surface area contributed by atoms with Crippen LogP contribution in [0.5, 0.6) is 0 Å². The van der Waals surface area contributed by atoms with Crippen LogP contribution in [0.15, 0.2) is 34.2 Å². The molecule has 0 saturated heterocycles. The average Bonchev–Trinajstić information content (AvgIpc) is 2.77. The van der Waals surface area contributed by atoms with Crippen LogP contribution in [-0.4, -0.2) is 18.4 Å².